The average molecular weight is 262 g/mol. The third-order valence-corrected chi connectivity index (χ3v) is 2.51. The molecule has 0 amide bonds. The first-order chi connectivity index (χ1) is 8.33. The molecule has 0 aliphatic heterocycles. The molecule has 1 rings (SSSR count). The van der Waals surface area contributed by atoms with E-state index in [0.29, 0.717) is 17.7 Å². The van der Waals surface area contributed by atoms with E-state index in [1.807, 2.05) is 6.92 Å². The van der Waals surface area contributed by atoms with E-state index < -0.39 is 6.36 Å². The van der Waals surface area contributed by atoms with Crippen molar-refractivity contribution in [1.29, 1.82) is 0 Å². The van der Waals surface area contributed by atoms with Gasteiger partial charge >= 0.3 is 6.36 Å². The van der Waals surface area contributed by atoms with Gasteiger partial charge < -0.3 is 15.8 Å². The Kier molecular flexibility index (Phi) is 4.98. The summed E-state index contributed by atoms with van der Waals surface area (Å²) in [6, 6.07) is 4.91. The van der Waals surface area contributed by atoms with Crippen LogP contribution in [0.1, 0.15) is 18.1 Å². The molecule has 0 spiro atoms. The largest absolute Gasteiger partial charge is 0.573 e. The van der Waals surface area contributed by atoms with Crippen molar-refractivity contribution in [2.45, 2.75) is 32.8 Å². The highest BCUT2D eigenvalue weighted by molar-refractivity contribution is 5.40. The van der Waals surface area contributed by atoms with Crippen LogP contribution in [0.5, 0.6) is 5.75 Å². The molecule has 3 nitrogen and oxygen atoms in total. The fourth-order valence-electron chi connectivity index (χ4n) is 1.48. The van der Waals surface area contributed by atoms with Crippen molar-refractivity contribution in [2.24, 2.45) is 5.73 Å². The Morgan fingerprint density at radius 3 is 2.61 bits per heavy atom. The number of para-hydroxylation sites is 1. The highest BCUT2D eigenvalue weighted by atomic mass is 19.4. The van der Waals surface area contributed by atoms with Gasteiger partial charge in [0.2, 0.25) is 0 Å². The van der Waals surface area contributed by atoms with Crippen LogP contribution in [0, 0.1) is 6.92 Å². The van der Waals surface area contributed by atoms with E-state index in [2.05, 4.69) is 10.1 Å². The fraction of sp³-hybridized carbons (Fsp3) is 0.500. The van der Waals surface area contributed by atoms with Gasteiger partial charge in [-0.15, -0.1) is 13.2 Å². The Hall–Kier alpha value is -1.27. The Labute approximate surface area is 104 Å². The predicted molar refractivity (Wildman–Crippen MR) is 63.2 cm³/mol. The lowest BCUT2D eigenvalue weighted by Crippen LogP contribution is -2.33. The van der Waals surface area contributed by atoms with Crippen molar-refractivity contribution in [2.75, 3.05) is 6.54 Å². The number of nitrogens with one attached hydrogen (secondary N) is 1. The van der Waals surface area contributed by atoms with Crippen molar-refractivity contribution in [3.63, 3.8) is 0 Å². The third kappa shape index (κ3) is 4.54. The molecule has 0 aromatic heterocycles. The molecule has 1 aromatic rings. The Morgan fingerprint density at radius 2 is 2.06 bits per heavy atom. The summed E-state index contributed by atoms with van der Waals surface area (Å²) < 4.78 is 41.0. The molecule has 0 heterocycles. The van der Waals surface area contributed by atoms with Crippen LogP contribution in [-0.2, 0) is 6.54 Å². The summed E-state index contributed by atoms with van der Waals surface area (Å²) in [5.74, 6) is -0.137. The first kappa shape index (κ1) is 14.8. The summed E-state index contributed by atoms with van der Waals surface area (Å²) in [5, 5.41) is 3.03. The zero-order valence-electron chi connectivity index (χ0n) is 10.3. The molecular weight excluding hydrogens is 245 g/mol. The second kappa shape index (κ2) is 6.06. The standard InChI is InChI=1S/C12H17F3N2O/c1-8-4-3-5-10(7-17-9(2)6-16)11(8)18-12(13,14)15/h3-5,9,17H,6-7,16H2,1-2H3. The predicted octanol–water partition coefficient (Wildman–Crippen LogP) is 2.33. The summed E-state index contributed by atoms with van der Waals surface area (Å²) in [4.78, 5) is 0. The number of hydrogen-bond acceptors (Lipinski definition) is 3. The second-order valence-corrected chi connectivity index (χ2v) is 4.13. The van der Waals surface area contributed by atoms with Crippen molar-refractivity contribution in [3.05, 3.63) is 29.3 Å². The number of ether oxygens (including phenoxy) is 1. The van der Waals surface area contributed by atoms with E-state index >= 15 is 0 Å². The summed E-state index contributed by atoms with van der Waals surface area (Å²) in [6.45, 7) is 4.14. The first-order valence-electron chi connectivity index (χ1n) is 5.61. The van der Waals surface area contributed by atoms with Crippen molar-refractivity contribution < 1.29 is 17.9 Å². The van der Waals surface area contributed by atoms with Gasteiger partial charge in [-0.05, 0) is 19.4 Å². The number of nitrogens with two attached hydrogens (primary N) is 1. The van der Waals surface area contributed by atoms with Gasteiger partial charge in [0.1, 0.15) is 5.75 Å². The van der Waals surface area contributed by atoms with Crippen LogP contribution in [0.2, 0.25) is 0 Å². The molecule has 0 fully saturated rings. The molecule has 102 valence electrons. The topological polar surface area (TPSA) is 47.3 Å². The molecule has 0 saturated carbocycles. The van der Waals surface area contributed by atoms with E-state index in [1.54, 1.807) is 25.1 Å². The highest BCUT2D eigenvalue weighted by Gasteiger charge is 2.32. The highest BCUT2D eigenvalue weighted by Crippen LogP contribution is 2.29. The molecule has 0 aliphatic carbocycles. The van der Waals surface area contributed by atoms with Gasteiger partial charge in [0, 0.05) is 24.7 Å². The van der Waals surface area contributed by atoms with Gasteiger partial charge in [0.25, 0.3) is 0 Å². The quantitative estimate of drug-likeness (QED) is 0.856. The molecule has 6 heteroatoms. The Morgan fingerprint density at radius 1 is 1.39 bits per heavy atom. The van der Waals surface area contributed by atoms with E-state index in [4.69, 9.17) is 5.73 Å². The number of rotatable bonds is 5. The Bertz CT molecular complexity index is 393. The van der Waals surface area contributed by atoms with Crippen molar-refractivity contribution in [1.82, 2.24) is 5.32 Å². The number of hydrogen-bond donors (Lipinski definition) is 2. The van der Waals surface area contributed by atoms with E-state index in [-0.39, 0.29) is 18.3 Å². The minimum Gasteiger partial charge on any atom is -0.405 e. The number of halogens is 3. The molecule has 0 radical (unpaired) electrons. The Balaban J connectivity index is 2.87. The SMILES string of the molecule is Cc1cccc(CNC(C)CN)c1OC(F)(F)F. The van der Waals surface area contributed by atoms with Crippen LogP contribution < -0.4 is 15.8 Å². The molecular formula is C12H17F3N2O. The molecule has 0 aliphatic rings. The molecule has 1 atom stereocenters. The summed E-state index contributed by atoms with van der Waals surface area (Å²) in [6.07, 6.45) is -4.68. The first-order valence-corrected chi connectivity index (χ1v) is 5.61. The second-order valence-electron chi connectivity index (χ2n) is 4.13. The fourth-order valence-corrected chi connectivity index (χ4v) is 1.48. The van der Waals surface area contributed by atoms with Gasteiger partial charge in [0.15, 0.2) is 0 Å². The third-order valence-electron chi connectivity index (χ3n) is 2.51. The lowest BCUT2D eigenvalue weighted by atomic mass is 10.1. The minimum atomic E-state index is -4.68. The summed E-state index contributed by atoms with van der Waals surface area (Å²) >= 11 is 0. The lowest BCUT2D eigenvalue weighted by molar-refractivity contribution is -0.275. The van der Waals surface area contributed by atoms with Crippen molar-refractivity contribution >= 4 is 0 Å². The zero-order chi connectivity index (χ0) is 13.8. The van der Waals surface area contributed by atoms with Gasteiger partial charge in [-0.3, -0.25) is 0 Å². The molecule has 0 saturated heterocycles. The monoisotopic (exact) mass is 262 g/mol. The molecule has 1 unspecified atom stereocenters. The maximum absolute atomic E-state index is 12.3. The molecule has 0 bridgehead atoms. The van der Waals surface area contributed by atoms with Crippen molar-refractivity contribution in [3.8, 4) is 5.75 Å². The lowest BCUT2D eigenvalue weighted by Gasteiger charge is -2.17. The summed E-state index contributed by atoms with van der Waals surface area (Å²) in [5.41, 5.74) is 6.35. The van der Waals surface area contributed by atoms with Gasteiger partial charge in [-0.1, -0.05) is 18.2 Å². The smallest absolute Gasteiger partial charge is 0.405 e. The molecule has 1 aromatic carbocycles. The van der Waals surface area contributed by atoms with Gasteiger partial charge in [-0.25, -0.2) is 0 Å². The number of aryl methyl sites for hydroxylation is 1. The van der Waals surface area contributed by atoms with Crippen LogP contribution in [0.4, 0.5) is 13.2 Å². The van der Waals surface area contributed by atoms with Crippen LogP contribution in [0.25, 0.3) is 0 Å². The van der Waals surface area contributed by atoms with Crippen LogP contribution >= 0.6 is 0 Å². The maximum atomic E-state index is 12.3. The van der Waals surface area contributed by atoms with Gasteiger partial charge in [-0.2, -0.15) is 0 Å². The minimum absolute atomic E-state index is 0.0317. The van der Waals surface area contributed by atoms with Crippen LogP contribution in [0.15, 0.2) is 18.2 Å². The zero-order valence-corrected chi connectivity index (χ0v) is 10.3. The maximum Gasteiger partial charge on any atom is 0.573 e. The summed E-state index contributed by atoms with van der Waals surface area (Å²) in [7, 11) is 0. The number of alkyl halides is 3. The normalized spacial score (nSPS) is 13.4. The van der Waals surface area contributed by atoms with E-state index in [9.17, 15) is 13.2 Å². The van der Waals surface area contributed by atoms with E-state index in [1.165, 1.54) is 0 Å². The van der Waals surface area contributed by atoms with Gasteiger partial charge in [0.05, 0.1) is 0 Å². The van der Waals surface area contributed by atoms with Crippen LogP contribution in [0.3, 0.4) is 0 Å². The van der Waals surface area contributed by atoms with E-state index in [0.717, 1.165) is 0 Å². The average Bonchev–Trinajstić information content (AvgIpc) is 2.28. The molecule has 3 N–H and O–H groups in total. The van der Waals surface area contributed by atoms with Crippen LogP contribution in [-0.4, -0.2) is 18.9 Å². The number of benzene rings is 1. The molecule has 18 heavy (non-hydrogen) atoms.